The molecule has 2 amide bonds. The van der Waals surface area contributed by atoms with E-state index in [1.54, 1.807) is 18.2 Å². The fourth-order valence-corrected chi connectivity index (χ4v) is 7.46. The Hall–Kier alpha value is -6.58. The van der Waals surface area contributed by atoms with Crippen molar-refractivity contribution in [3.63, 3.8) is 0 Å². The molecule has 0 unspecified atom stereocenters. The van der Waals surface area contributed by atoms with Gasteiger partial charge in [-0.05, 0) is 82.9 Å². The molecule has 0 aliphatic carbocycles. The van der Waals surface area contributed by atoms with E-state index in [1.807, 2.05) is 0 Å². The summed E-state index contributed by atoms with van der Waals surface area (Å²) in [5.41, 5.74) is -9.45. The predicted molar refractivity (Wildman–Crippen MR) is 189 cm³/mol. The minimum Gasteiger partial charge on any atom is -0.308 e. The number of para-hydroxylation sites is 1. The van der Waals surface area contributed by atoms with E-state index < -0.39 is 81.0 Å². The van der Waals surface area contributed by atoms with Gasteiger partial charge in [0.15, 0.2) is 0 Å². The number of halogens is 12. The van der Waals surface area contributed by atoms with Crippen LogP contribution in [0.25, 0.3) is 49.7 Å². The van der Waals surface area contributed by atoms with Gasteiger partial charge in [0.05, 0.1) is 55.8 Å². The number of hydrogen-bond donors (Lipinski definition) is 0. The molecule has 0 bridgehead atoms. The van der Waals surface area contributed by atoms with Crippen LogP contribution in [0.2, 0.25) is 0 Å². The topological polar surface area (TPSA) is 42.3 Å². The van der Waals surface area contributed by atoms with Gasteiger partial charge in [-0.3, -0.25) is 9.59 Å². The smallest absolute Gasteiger partial charge is 0.308 e. The molecule has 1 aromatic heterocycles. The third-order valence-electron chi connectivity index (χ3n) is 9.85. The van der Waals surface area contributed by atoms with Crippen LogP contribution in [0.3, 0.4) is 0 Å². The summed E-state index contributed by atoms with van der Waals surface area (Å²) in [5.74, 6) is -1.57. The number of nitrogens with zero attached hydrogens (tertiary/aromatic N) is 2. The Balaban J connectivity index is 1.52. The van der Waals surface area contributed by atoms with Gasteiger partial charge in [-0.15, -0.1) is 0 Å². The molecule has 4 nitrogen and oxygen atoms in total. The summed E-state index contributed by atoms with van der Waals surface area (Å²) in [4.78, 5) is 28.8. The van der Waals surface area contributed by atoms with Crippen molar-refractivity contribution in [2.75, 3.05) is 4.90 Å². The van der Waals surface area contributed by atoms with Crippen LogP contribution in [0.4, 0.5) is 58.4 Å². The number of aromatic nitrogens is 1. The number of imide groups is 1. The van der Waals surface area contributed by atoms with Gasteiger partial charge in [0.25, 0.3) is 11.8 Å². The zero-order valence-corrected chi connectivity index (χ0v) is 28.8. The van der Waals surface area contributed by atoms with Gasteiger partial charge in [-0.1, -0.05) is 60.7 Å². The van der Waals surface area contributed by atoms with Crippen LogP contribution in [0.1, 0.15) is 43.0 Å². The summed E-state index contributed by atoms with van der Waals surface area (Å²) in [6.45, 7) is 0. The van der Waals surface area contributed by atoms with Crippen LogP contribution in [-0.2, 0) is 24.7 Å². The molecule has 8 rings (SSSR count). The Morgan fingerprint density at radius 2 is 0.845 bits per heavy atom. The quantitative estimate of drug-likeness (QED) is 0.131. The minimum atomic E-state index is -5.40. The molecule has 0 N–H and O–H groups in total. The lowest BCUT2D eigenvalue weighted by atomic mass is 9.90. The van der Waals surface area contributed by atoms with Crippen LogP contribution in [0.5, 0.6) is 0 Å². The monoisotopic (exact) mass is 812 g/mol. The second kappa shape index (κ2) is 13.0. The normalized spacial score (nSPS) is 13.9. The molecule has 1 aliphatic rings. The Morgan fingerprint density at radius 1 is 0.397 bits per heavy atom. The molecule has 16 heteroatoms. The molecule has 1 aliphatic heterocycles. The average Bonchev–Trinajstić information content (AvgIpc) is 3.64. The fourth-order valence-electron chi connectivity index (χ4n) is 7.46. The highest BCUT2D eigenvalue weighted by Crippen LogP contribution is 2.50. The maximum absolute atomic E-state index is 14.7. The SMILES string of the molecule is O=C1c2cccc(-n3c4cccc(-c5ccc(C(F)(F)F)cc5C(F)(F)F)c4c4c(-c5ccc(C(F)(F)F)cc5C(F)(F)F)cccc43)c2C(=O)N1c1ccccc1. The molecule has 0 fully saturated rings. The second-order valence-corrected chi connectivity index (χ2v) is 13.2. The van der Waals surface area contributed by atoms with Crippen LogP contribution in [-0.4, -0.2) is 16.4 Å². The average molecular weight is 813 g/mol. The first kappa shape index (κ1) is 38.3. The van der Waals surface area contributed by atoms with E-state index in [2.05, 4.69) is 0 Å². The number of rotatable bonds is 4. The summed E-state index contributed by atoms with van der Waals surface area (Å²) in [7, 11) is 0. The number of anilines is 1. The third-order valence-corrected chi connectivity index (χ3v) is 9.85. The molecular formula is C42H20F12N2O2. The summed E-state index contributed by atoms with van der Waals surface area (Å²) >= 11 is 0. The van der Waals surface area contributed by atoms with Crippen molar-refractivity contribution in [2.24, 2.45) is 0 Å². The summed E-state index contributed by atoms with van der Waals surface area (Å²) in [6, 6.07) is 21.1. The van der Waals surface area contributed by atoms with E-state index >= 15 is 0 Å². The summed E-state index contributed by atoms with van der Waals surface area (Å²) in [6.07, 6.45) is -21.2. The zero-order valence-electron chi connectivity index (χ0n) is 28.8. The van der Waals surface area contributed by atoms with Crippen molar-refractivity contribution >= 4 is 39.3 Å². The van der Waals surface area contributed by atoms with Gasteiger partial charge < -0.3 is 4.57 Å². The second-order valence-electron chi connectivity index (χ2n) is 13.2. The fraction of sp³-hybridized carbons (Fsp3) is 0.0952. The Morgan fingerprint density at radius 3 is 1.29 bits per heavy atom. The standard InChI is InChI=1S/C42H20F12N2O2/c43-39(44,45)21-15-17-24(29(19-21)41(49,50)51)26-9-4-12-31-34(26)35-27(25-18-16-22(40(46,47)48)20-30(25)42(52,53)54)10-5-13-32(35)56(31)33-14-6-11-28-36(33)38(58)55(37(28)57)23-7-2-1-3-8-23/h1-20H. The summed E-state index contributed by atoms with van der Waals surface area (Å²) in [5, 5.41) is -0.499. The van der Waals surface area contributed by atoms with E-state index in [-0.39, 0.29) is 56.4 Å². The zero-order chi connectivity index (χ0) is 41.7. The molecule has 0 saturated heterocycles. The van der Waals surface area contributed by atoms with Crippen LogP contribution in [0, 0.1) is 0 Å². The van der Waals surface area contributed by atoms with E-state index in [1.165, 1.54) is 59.2 Å². The number of alkyl halides is 12. The number of carbonyl (C=O) groups excluding carboxylic acids is 2. The van der Waals surface area contributed by atoms with Gasteiger partial charge >= 0.3 is 24.7 Å². The molecule has 2 heterocycles. The van der Waals surface area contributed by atoms with Crippen molar-refractivity contribution in [1.29, 1.82) is 0 Å². The molecule has 0 saturated carbocycles. The first-order valence-corrected chi connectivity index (χ1v) is 16.9. The highest BCUT2D eigenvalue weighted by atomic mass is 19.4. The van der Waals surface area contributed by atoms with Crippen molar-refractivity contribution in [2.45, 2.75) is 24.7 Å². The van der Waals surface area contributed by atoms with E-state index in [0.717, 1.165) is 17.0 Å². The highest BCUT2D eigenvalue weighted by molar-refractivity contribution is 6.36. The van der Waals surface area contributed by atoms with Crippen molar-refractivity contribution in [3.8, 4) is 27.9 Å². The third kappa shape index (κ3) is 6.14. The van der Waals surface area contributed by atoms with Crippen LogP contribution >= 0.6 is 0 Å². The molecule has 294 valence electrons. The number of amides is 2. The van der Waals surface area contributed by atoms with Crippen LogP contribution in [0.15, 0.2) is 121 Å². The van der Waals surface area contributed by atoms with Crippen molar-refractivity contribution in [1.82, 2.24) is 4.57 Å². The van der Waals surface area contributed by atoms with E-state index in [9.17, 15) is 62.3 Å². The Kier molecular flexibility index (Phi) is 8.57. The van der Waals surface area contributed by atoms with Gasteiger partial charge in [0.1, 0.15) is 0 Å². The minimum absolute atomic E-state index is 0.0458. The van der Waals surface area contributed by atoms with Gasteiger partial charge in [-0.2, -0.15) is 52.7 Å². The molecule has 58 heavy (non-hydrogen) atoms. The molecule has 0 atom stereocenters. The van der Waals surface area contributed by atoms with E-state index in [4.69, 9.17) is 0 Å². The molecule has 6 aromatic carbocycles. The van der Waals surface area contributed by atoms with Gasteiger partial charge in [0.2, 0.25) is 0 Å². The van der Waals surface area contributed by atoms with Crippen molar-refractivity contribution < 1.29 is 62.3 Å². The lowest BCUT2D eigenvalue weighted by Crippen LogP contribution is -2.29. The molecule has 0 spiro atoms. The Bertz CT molecular complexity index is 2700. The lowest BCUT2D eigenvalue weighted by molar-refractivity contribution is -0.144. The first-order valence-electron chi connectivity index (χ1n) is 16.9. The highest BCUT2D eigenvalue weighted by Gasteiger charge is 2.42. The largest absolute Gasteiger partial charge is 0.417 e. The lowest BCUT2D eigenvalue weighted by Gasteiger charge is -2.18. The number of hydrogen-bond acceptors (Lipinski definition) is 2. The Labute approximate surface area is 318 Å². The van der Waals surface area contributed by atoms with Gasteiger partial charge in [0, 0.05) is 10.8 Å². The predicted octanol–water partition coefficient (Wildman–Crippen LogP) is 13.0. The maximum atomic E-state index is 14.7. The number of benzene rings is 6. The molecule has 7 aromatic rings. The summed E-state index contributed by atoms with van der Waals surface area (Å²) < 4.78 is 172. The van der Waals surface area contributed by atoms with E-state index in [0.29, 0.717) is 24.3 Å². The molecule has 0 radical (unpaired) electrons. The molecular weight excluding hydrogens is 792 g/mol. The van der Waals surface area contributed by atoms with Crippen molar-refractivity contribution in [3.05, 3.63) is 155 Å². The first-order chi connectivity index (χ1) is 27.2. The van der Waals surface area contributed by atoms with Crippen LogP contribution < -0.4 is 4.90 Å². The maximum Gasteiger partial charge on any atom is 0.417 e. The van der Waals surface area contributed by atoms with Gasteiger partial charge in [-0.25, -0.2) is 4.90 Å². The number of fused-ring (bicyclic) bond motifs is 4. The number of carbonyl (C=O) groups is 2.